The minimum absolute atomic E-state index is 0.112. The smallest absolute Gasteiger partial charge is 0.278 e. The molecule has 0 heterocycles. The molecule has 0 rings (SSSR count). The predicted octanol–water partition coefficient (Wildman–Crippen LogP) is 1.77. The van der Waals surface area contributed by atoms with Crippen LogP contribution >= 0.6 is 12.6 Å². The van der Waals surface area contributed by atoms with Gasteiger partial charge in [-0.15, -0.1) is 0 Å². The van der Waals surface area contributed by atoms with Crippen LogP contribution in [0.25, 0.3) is 0 Å². The minimum atomic E-state index is -0.192. The Labute approximate surface area is 61.6 Å². The fourth-order valence-electron chi connectivity index (χ4n) is 0.287. The molecule has 0 spiro atoms. The van der Waals surface area contributed by atoms with Crippen LogP contribution < -0.4 is 0 Å². The van der Waals surface area contributed by atoms with Crippen molar-refractivity contribution in [3.63, 3.8) is 0 Å². The summed E-state index contributed by atoms with van der Waals surface area (Å²) in [7, 11) is 1.73. The van der Waals surface area contributed by atoms with Gasteiger partial charge in [0, 0.05) is 12.6 Å². The molecule has 54 valence electrons. The molecule has 9 heavy (non-hydrogen) atoms. The summed E-state index contributed by atoms with van der Waals surface area (Å²) in [6.45, 7) is 5.88. The number of carbonyl (C=O) groups excluding carboxylic acids is 1. The van der Waals surface area contributed by atoms with Crippen molar-refractivity contribution < 1.29 is 4.79 Å². The second kappa shape index (κ2) is 2.60. The maximum Gasteiger partial charge on any atom is 0.278 e. The van der Waals surface area contributed by atoms with Crippen molar-refractivity contribution in [3.8, 4) is 0 Å². The first-order valence-corrected chi connectivity index (χ1v) is 3.27. The van der Waals surface area contributed by atoms with Gasteiger partial charge < -0.3 is 4.90 Å². The molecule has 0 unspecified atom stereocenters. The standard InChI is InChI=1S/C6H13NOS/c1-6(2,3)7(4)5(8)9/h1-4H3,(H,8,9). The summed E-state index contributed by atoms with van der Waals surface area (Å²) in [6.07, 6.45) is 0. The maximum atomic E-state index is 10.6. The highest BCUT2D eigenvalue weighted by Crippen LogP contribution is 2.11. The molecule has 3 heteroatoms. The second-order valence-corrected chi connectivity index (χ2v) is 3.39. The normalized spacial score (nSPS) is 11.2. The minimum Gasteiger partial charge on any atom is -0.332 e. The third kappa shape index (κ3) is 2.75. The number of amides is 1. The van der Waals surface area contributed by atoms with Crippen LogP contribution in [0.15, 0.2) is 0 Å². The zero-order valence-electron chi connectivity index (χ0n) is 6.30. The number of carbonyl (C=O) groups is 1. The van der Waals surface area contributed by atoms with E-state index in [4.69, 9.17) is 0 Å². The first kappa shape index (κ1) is 8.82. The average Bonchev–Trinajstić information content (AvgIpc) is 1.62. The van der Waals surface area contributed by atoms with Gasteiger partial charge in [-0.2, -0.15) is 0 Å². The molecule has 0 aliphatic carbocycles. The molecule has 0 aromatic heterocycles. The van der Waals surface area contributed by atoms with E-state index in [0.717, 1.165) is 0 Å². The van der Waals surface area contributed by atoms with Crippen LogP contribution in [0.5, 0.6) is 0 Å². The maximum absolute atomic E-state index is 10.6. The van der Waals surface area contributed by atoms with Gasteiger partial charge in [0.05, 0.1) is 0 Å². The van der Waals surface area contributed by atoms with E-state index in [9.17, 15) is 4.79 Å². The van der Waals surface area contributed by atoms with Gasteiger partial charge in [0.1, 0.15) is 0 Å². The molecule has 0 atom stereocenters. The summed E-state index contributed by atoms with van der Waals surface area (Å²) in [6, 6.07) is 0. The Morgan fingerprint density at radius 3 is 1.78 bits per heavy atom. The van der Waals surface area contributed by atoms with Gasteiger partial charge in [-0.25, -0.2) is 0 Å². The molecule has 0 N–H and O–H groups in total. The zero-order chi connectivity index (χ0) is 7.65. The van der Waals surface area contributed by atoms with Crippen LogP contribution in [0.2, 0.25) is 0 Å². The summed E-state index contributed by atoms with van der Waals surface area (Å²) >= 11 is 3.67. The van der Waals surface area contributed by atoms with Crippen LogP contribution in [0.3, 0.4) is 0 Å². The lowest BCUT2D eigenvalue weighted by atomic mass is 10.1. The van der Waals surface area contributed by atoms with Crippen LogP contribution in [0.4, 0.5) is 4.79 Å². The third-order valence-corrected chi connectivity index (χ3v) is 1.59. The largest absolute Gasteiger partial charge is 0.332 e. The number of hydrogen-bond donors (Lipinski definition) is 1. The molecule has 0 fully saturated rings. The molecule has 0 bridgehead atoms. The highest BCUT2D eigenvalue weighted by atomic mass is 32.1. The molecule has 0 aliphatic heterocycles. The summed E-state index contributed by atoms with van der Waals surface area (Å²) in [5.41, 5.74) is -0.112. The monoisotopic (exact) mass is 147 g/mol. The first-order valence-electron chi connectivity index (χ1n) is 2.82. The van der Waals surface area contributed by atoms with E-state index in [-0.39, 0.29) is 10.8 Å². The molecule has 0 radical (unpaired) electrons. The summed E-state index contributed by atoms with van der Waals surface area (Å²) in [4.78, 5) is 12.2. The first-order chi connectivity index (χ1) is 3.85. The van der Waals surface area contributed by atoms with E-state index < -0.39 is 0 Å². The van der Waals surface area contributed by atoms with E-state index >= 15 is 0 Å². The predicted molar refractivity (Wildman–Crippen MR) is 41.9 cm³/mol. The summed E-state index contributed by atoms with van der Waals surface area (Å²) in [5, 5.41) is -0.192. The summed E-state index contributed by atoms with van der Waals surface area (Å²) in [5.74, 6) is 0. The van der Waals surface area contributed by atoms with Gasteiger partial charge in [-0.1, -0.05) is 12.6 Å². The lowest BCUT2D eigenvalue weighted by Gasteiger charge is -2.30. The molecule has 0 saturated heterocycles. The molecular formula is C6H13NOS. The average molecular weight is 147 g/mol. The Morgan fingerprint density at radius 1 is 1.44 bits per heavy atom. The van der Waals surface area contributed by atoms with Crippen molar-refractivity contribution in [2.75, 3.05) is 7.05 Å². The molecule has 2 nitrogen and oxygen atoms in total. The van der Waals surface area contributed by atoms with E-state index in [2.05, 4.69) is 12.6 Å². The van der Waals surface area contributed by atoms with Gasteiger partial charge in [0.25, 0.3) is 5.24 Å². The van der Waals surface area contributed by atoms with Gasteiger partial charge in [0.15, 0.2) is 0 Å². The third-order valence-electron chi connectivity index (χ3n) is 1.29. The fourth-order valence-corrected chi connectivity index (χ4v) is 0.587. The molecule has 0 aromatic carbocycles. The Morgan fingerprint density at radius 2 is 1.78 bits per heavy atom. The highest BCUT2D eigenvalue weighted by Gasteiger charge is 2.18. The van der Waals surface area contributed by atoms with Gasteiger partial charge in [-0.3, -0.25) is 4.79 Å². The van der Waals surface area contributed by atoms with E-state index in [0.29, 0.717) is 0 Å². The van der Waals surface area contributed by atoms with Gasteiger partial charge >= 0.3 is 0 Å². The van der Waals surface area contributed by atoms with E-state index in [1.807, 2.05) is 20.8 Å². The quantitative estimate of drug-likeness (QED) is 0.518. The number of hydrogen-bond acceptors (Lipinski definition) is 1. The van der Waals surface area contributed by atoms with Crippen molar-refractivity contribution in [1.82, 2.24) is 4.90 Å². The Hall–Kier alpha value is -0.180. The Kier molecular flexibility index (Phi) is 2.55. The zero-order valence-corrected chi connectivity index (χ0v) is 7.20. The molecule has 0 aromatic rings. The van der Waals surface area contributed by atoms with Gasteiger partial charge in [0.2, 0.25) is 0 Å². The molecule has 0 saturated carbocycles. The molecule has 0 aliphatic rings. The van der Waals surface area contributed by atoms with Crippen LogP contribution in [0.1, 0.15) is 20.8 Å². The Bertz CT molecular complexity index is 117. The SMILES string of the molecule is CN(C(=O)S)C(C)(C)C. The lowest BCUT2D eigenvalue weighted by molar-refractivity contribution is 0.190. The van der Waals surface area contributed by atoms with Gasteiger partial charge in [-0.05, 0) is 20.8 Å². The lowest BCUT2D eigenvalue weighted by Crippen LogP contribution is -2.39. The van der Waals surface area contributed by atoms with Crippen LogP contribution in [0, 0.1) is 0 Å². The number of nitrogens with zero attached hydrogens (tertiary/aromatic N) is 1. The fraction of sp³-hybridized carbons (Fsp3) is 0.833. The Balaban J connectivity index is 4.04. The van der Waals surface area contributed by atoms with Crippen molar-refractivity contribution in [2.24, 2.45) is 0 Å². The van der Waals surface area contributed by atoms with Crippen molar-refractivity contribution in [3.05, 3.63) is 0 Å². The molecular weight excluding hydrogens is 134 g/mol. The number of thiol groups is 1. The van der Waals surface area contributed by atoms with Crippen LogP contribution in [-0.2, 0) is 0 Å². The second-order valence-electron chi connectivity index (χ2n) is 3.01. The molecule has 1 amide bonds. The summed E-state index contributed by atoms with van der Waals surface area (Å²) < 4.78 is 0. The van der Waals surface area contributed by atoms with E-state index in [1.54, 1.807) is 11.9 Å². The topological polar surface area (TPSA) is 20.3 Å². The van der Waals surface area contributed by atoms with E-state index in [1.165, 1.54) is 0 Å². The highest BCUT2D eigenvalue weighted by molar-refractivity contribution is 7.96. The van der Waals surface area contributed by atoms with Crippen LogP contribution in [-0.4, -0.2) is 22.7 Å². The van der Waals surface area contributed by atoms with Crippen molar-refractivity contribution in [2.45, 2.75) is 26.3 Å². The van der Waals surface area contributed by atoms with Crippen molar-refractivity contribution >= 4 is 17.9 Å². The number of rotatable bonds is 0. The van der Waals surface area contributed by atoms with Crippen molar-refractivity contribution in [1.29, 1.82) is 0 Å².